The average Bonchev–Trinajstić information content (AvgIpc) is 2.27. The predicted octanol–water partition coefficient (Wildman–Crippen LogP) is 1.52. The molecule has 1 aromatic carbocycles. The van der Waals surface area contributed by atoms with Gasteiger partial charge in [0.15, 0.2) is 0 Å². The number of rotatable bonds is 3. The number of amides is 1. The summed E-state index contributed by atoms with van der Waals surface area (Å²) in [5.41, 5.74) is 1.73. The summed E-state index contributed by atoms with van der Waals surface area (Å²) in [7, 11) is 0. The Kier molecular flexibility index (Phi) is 3.52. The smallest absolute Gasteiger partial charge is 0.226 e. The van der Waals surface area contributed by atoms with Gasteiger partial charge in [0.25, 0.3) is 0 Å². The first-order valence-corrected chi connectivity index (χ1v) is 6.15. The van der Waals surface area contributed by atoms with Crippen molar-refractivity contribution in [2.45, 2.75) is 19.9 Å². The maximum Gasteiger partial charge on any atom is 0.226 e. The van der Waals surface area contributed by atoms with Gasteiger partial charge < -0.3 is 10.2 Å². The van der Waals surface area contributed by atoms with E-state index in [4.69, 9.17) is 5.26 Å². The van der Waals surface area contributed by atoms with Gasteiger partial charge in [-0.3, -0.25) is 4.79 Å². The van der Waals surface area contributed by atoms with E-state index in [2.05, 4.69) is 16.3 Å². The molecule has 1 aromatic rings. The van der Waals surface area contributed by atoms with Gasteiger partial charge in [-0.25, -0.2) is 0 Å². The van der Waals surface area contributed by atoms with Crippen molar-refractivity contribution >= 4 is 11.6 Å². The largest absolute Gasteiger partial charge is 0.370 e. The highest BCUT2D eigenvalue weighted by atomic mass is 16.2. The van der Waals surface area contributed by atoms with Crippen LogP contribution < -0.4 is 10.2 Å². The van der Waals surface area contributed by atoms with Crippen LogP contribution in [-0.2, 0) is 4.79 Å². The first-order chi connectivity index (χ1) is 8.60. The number of carbonyl (C=O) groups excluding carboxylic acids is 1. The van der Waals surface area contributed by atoms with Crippen molar-refractivity contribution < 1.29 is 4.79 Å². The number of benzene rings is 1. The van der Waals surface area contributed by atoms with Crippen molar-refractivity contribution in [3.05, 3.63) is 29.8 Å². The second-order valence-corrected chi connectivity index (χ2v) is 4.92. The summed E-state index contributed by atoms with van der Waals surface area (Å²) in [6.07, 6.45) is 0. The third-order valence-corrected chi connectivity index (χ3v) is 3.04. The molecule has 1 N–H and O–H groups in total. The van der Waals surface area contributed by atoms with Crippen LogP contribution in [0.15, 0.2) is 24.3 Å². The van der Waals surface area contributed by atoms with Crippen molar-refractivity contribution in [1.82, 2.24) is 5.32 Å². The Morgan fingerprint density at radius 3 is 2.50 bits per heavy atom. The van der Waals surface area contributed by atoms with Crippen LogP contribution in [0.1, 0.15) is 19.4 Å². The van der Waals surface area contributed by atoms with Crippen LogP contribution in [0.4, 0.5) is 5.69 Å². The molecule has 0 spiro atoms. The van der Waals surface area contributed by atoms with Crippen molar-refractivity contribution in [1.29, 1.82) is 5.26 Å². The molecule has 94 valence electrons. The van der Waals surface area contributed by atoms with Gasteiger partial charge in [0.1, 0.15) is 0 Å². The summed E-state index contributed by atoms with van der Waals surface area (Å²) >= 11 is 0. The van der Waals surface area contributed by atoms with Gasteiger partial charge in [-0.1, -0.05) is 0 Å². The van der Waals surface area contributed by atoms with E-state index in [1.54, 1.807) is 12.1 Å². The average molecular weight is 243 g/mol. The molecule has 0 bridgehead atoms. The number of nitrogens with one attached hydrogen (secondary N) is 1. The Morgan fingerprint density at radius 2 is 2.00 bits per heavy atom. The second kappa shape index (κ2) is 5.09. The highest BCUT2D eigenvalue weighted by molar-refractivity contribution is 5.82. The molecule has 2 rings (SSSR count). The molecule has 18 heavy (non-hydrogen) atoms. The summed E-state index contributed by atoms with van der Waals surface area (Å²) in [4.78, 5) is 13.9. The summed E-state index contributed by atoms with van der Waals surface area (Å²) in [5.74, 6) is 0.220. The zero-order valence-electron chi connectivity index (χ0n) is 10.7. The van der Waals surface area contributed by atoms with E-state index in [0.29, 0.717) is 5.56 Å². The molecule has 0 atom stereocenters. The van der Waals surface area contributed by atoms with E-state index in [1.165, 1.54) is 0 Å². The first kappa shape index (κ1) is 12.4. The van der Waals surface area contributed by atoms with Crippen LogP contribution in [0, 0.1) is 17.2 Å². The van der Waals surface area contributed by atoms with E-state index in [-0.39, 0.29) is 17.9 Å². The van der Waals surface area contributed by atoms with Gasteiger partial charge >= 0.3 is 0 Å². The number of nitrogens with zero attached hydrogens (tertiary/aromatic N) is 2. The van der Waals surface area contributed by atoms with Crippen molar-refractivity contribution in [3.8, 4) is 6.07 Å². The SMILES string of the molecule is CC(C)NC(=O)C1CN(c2ccc(C#N)cc2)C1. The van der Waals surface area contributed by atoms with Gasteiger partial charge in [-0.15, -0.1) is 0 Å². The quantitative estimate of drug-likeness (QED) is 0.875. The molecule has 1 heterocycles. The molecule has 4 nitrogen and oxygen atoms in total. The molecule has 0 saturated carbocycles. The molecule has 1 amide bonds. The lowest BCUT2D eigenvalue weighted by molar-refractivity contribution is -0.126. The minimum absolute atomic E-state index is 0.0862. The lowest BCUT2D eigenvalue weighted by Gasteiger charge is -2.40. The molecule has 1 saturated heterocycles. The minimum atomic E-state index is 0.0862. The Bertz CT molecular complexity index is 467. The van der Waals surface area contributed by atoms with E-state index in [9.17, 15) is 4.79 Å². The van der Waals surface area contributed by atoms with Gasteiger partial charge in [0, 0.05) is 24.8 Å². The Morgan fingerprint density at radius 1 is 1.39 bits per heavy atom. The number of carbonyl (C=O) groups is 1. The fraction of sp³-hybridized carbons (Fsp3) is 0.429. The molecule has 0 radical (unpaired) electrons. The third-order valence-electron chi connectivity index (χ3n) is 3.04. The molecule has 0 aromatic heterocycles. The highest BCUT2D eigenvalue weighted by Gasteiger charge is 2.32. The van der Waals surface area contributed by atoms with Crippen LogP contribution in [0.5, 0.6) is 0 Å². The molecule has 1 aliphatic heterocycles. The van der Waals surface area contributed by atoms with Gasteiger partial charge in [0.2, 0.25) is 5.91 Å². The monoisotopic (exact) mass is 243 g/mol. The zero-order valence-corrected chi connectivity index (χ0v) is 10.7. The Hall–Kier alpha value is -2.02. The minimum Gasteiger partial charge on any atom is -0.370 e. The summed E-state index contributed by atoms with van der Waals surface area (Å²) < 4.78 is 0. The van der Waals surface area contributed by atoms with E-state index in [0.717, 1.165) is 18.8 Å². The molecule has 1 fully saturated rings. The number of hydrogen-bond acceptors (Lipinski definition) is 3. The van der Waals surface area contributed by atoms with Crippen LogP contribution >= 0.6 is 0 Å². The number of hydrogen-bond donors (Lipinski definition) is 1. The lowest BCUT2D eigenvalue weighted by Crippen LogP contribution is -2.54. The molecule has 1 aliphatic rings. The molecular weight excluding hydrogens is 226 g/mol. The lowest BCUT2D eigenvalue weighted by atomic mass is 9.97. The Balaban J connectivity index is 1.88. The van der Waals surface area contributed by atoms with Gasteiger partial charge in [-0.05, 0) is 38.1 Å². The van der Waals surface area contributed by atoms with Crippen LogP contribution in [0.25, 0.3) is 0 Å². The molecule has 4 heteroatoms. The Labute approximate surface area is 107 Å². The standard InChI is InChI=1S/C14H17N3O/c1-10(2)16-14(18)12-8-17(9-12)13-5-3-11(7-15)4-6-13/h3-6,10,12H,8-9H2,1-2H3,(H,16,18). The molecule has 0 unspecified atom stereocenters. The fourth-order valence-corrected chi connectivity index (χ4v) is 2.00. The van der Waals surface area contributed by atoms with Crippen molar-refractivity contribution in [2.24, 2.45) is 5.92 Å². The molecular formula is C14H17N3O. The van der Waals surface area contributed by atoms with E-state index >= 15 is 0 Å². The van der Waals surface area contributed by atoms with Crippen LogP contribution in [0.3, 0.4) is 0 Å². The van der Waals surface area contributed by atoms with E-state index < -0.39 is 0 Å². The highest BCUT2D eigenvalue weighted by Crippen LogP contribution is 2.24. The summed E-state index contributed by atoms with van der Waals surface area (Å²) in [6, 6.07) is 9.75. The van der Waals surface area contributed by atoms with Gasteiger partial charge in [0.05, 0.1) is 17.6 Å². The summed E-state index contributed by atoms with van der Waals surface area (Å²) in [5, 5.41) is 11.6. The topological polar surface area (TPSA) is 56.1 Å². The maximum absolute atomic E-state index is 11.7. The second-order valence-electron chi connectivity index (χ2n) is 4.92. The van der Waals surface area contributed by atoms with Crippen molar-refractivity contribution in [2.75, 3.05) is 18.0 Å². The predicted molar refractivity (Wildman–Crippen MR) is 70.1 cm³/mol. The first-order valence-electron chi connectivity index (χ1n) is 6.15. The maximum atomic E-state index is 11.7. The zero-order chi connectivity index (χ0) is 13.1. The molecule has 0 aliphatic carbocycles. The van der Waals surface area contributed by atoms with Crippen LogP contribution in [-0.4, -0.2) is 25.0 Å². The van der Waals surface area contributed by atoms with Crippen LogP contribution in [0.2, 0.25) is 0 Å². The van der Waals surface area contributed by atoms with E-state index in [1.807, 2.05) is 26.0 Å². The fourth-order valence-electron chi connectivity index (χ4n) is 2.00. The van der Waals surface area contributed by atoms with Crippen molar-refractivity contribution in [3.63, 3.8) is 0 Å². The number of anilines is 1. The van der Waals surface area contributed by atoms with Gasteiger partial charge in [-0.2, -0.15) is 5.26 Å². The number of nitriles is 1. The normalized spacial score (nSPS) is 15.1. The summed E-state index contributed by atoms with van der Waals surface area (Å²) in [6.45, 7) is 5.44. The third kappa shape index (κ3) is 2.62.